The number of benzene rings is 1. The number of carbonyl (C=O) groups excluding carboxylic acids is 1. The second-order valence-corrected chi connectivity index (χ2v) is 5.32. The van der Waals surface area contributed by atoms with Crippen LogP contribution in [0.4, 0.5) is 0 Å². The van der Waals surface area contributed by atoms with Crippen LogP contribution in [0.15, 0.2) is 30.3 Å². The quantitative estimate of drug-likeness (QED) is 0.822. The van der Waals surface area contributed by atoms with Gasteiger partial charge in [-0.1, -0.05) is 30.3 Å². The molecular weight excluding hydrogens is 236 g/mol. The molecule has 0 bridgehead atoms. The lowest BCUT2D eigenvalue weighted by Gasteiger charge is -2.22. The van der Waals surface area contributed by atoms with Crippen LogP contribution in [0.5, 0.6) is 0 Å². The third-order valence-corrected chi connectivity index (χ3v) is 3.82. The molecule has 104 valence electrons. The van der Waals surface area contributed by atoms with Crippen molar-refractivity contribution >= 4 is 5.91 Å². The Bertz CT molecular complexity index is 372. The van der Waals surface area contributed by atoms with Gasteiger partial charge in [0.1, 0.15) is 0 Å². The van der Waals surface area contributed by atoms with Crippen molar-refractivity contribution in [3.8, 4) is 0 Å². The van der Waals surface area contributed by atoms with E-state index in [1.54, 1.807) is 0 Å². The summed E-state index contributed by atoms with van der Waals surface area (Å²) < 4.78 is 0. The van der Waals surface area contributed by atoms with Gasteiger partial charge in [0.05, 0.1) is 0 Å². The minimum absolute atomic E-state index is 0.203. The van der Waals surface area contributed by atoms with Crippen molar-refractivity contribution in [2.45, 2.75) is 32.1 Å². The molecule has 0 atom stereocenters. The van der Waals surface area contributed by atoms with Crippen LogP contribution in [0.1, 0.15) is 31.2 Å². The number of piperidine rings is 1. The van der Waals surface area contributed by atoms with E-state index in [2.05, 4.69) is 22.8 Å². The van der Waals surface area contributed by atoms with Gasteiger partial charge >= 0.3 is 0 Å². The third-order valence-electron chi connectivity index (χ3n) is 3.82. The molecule has 19 heavy (non-hydrogen) atoms. The maximum atomic E-state index is 11.7. The smallest absolute Gasteiger partial charge is 0.220 e. The summed E-state index contributed by atoms with van der Waals surface area (Å²) in [6.45, 7) is 2.97. The van der Waals surface area contributed by atoms with Gasteiger partial charge in [0.15, 0.2) is 0 Å². The Morgan fingerprint density at radius 1 is 1.21 bits per heavy atom. The molecule has 1 saturated heterocycles. The first-order valence-electron chi connectivity index (χ1n) is 7.36. The molecular formula is C16H24N2O. The van der Waals surface area contributed by atoms with Crippen molar-refractivity contribution in [3.05, 3.63) is 35.9 Å². The van der Waals surface area contributed by atoms with E-state index >= 15 is 0 Å². The molecule has 0 saturated carbocycles. The number of amides is 1. The minimum Gasteiger partial charge on any atom is -0.356 e. The first-order valence-corrected chi connectivity index (χ1v) is 7.36. The van der Waals surface area contributed by atoms with Gasteiger partial charge in [-0.25, -0.2) is 0 Å². The fraction of sp³-hybridized carbons (Fsp3) is 0.562. The highest BCUT2D eigenvalue weighted by molar-refractivity contribution is 5.75. The Morgan fingerprint density at radius 2 is 1.95 bits per heavy atom. The summed E-state index contributed by atoms with van der Waals surface area (Å²) >= 11 is 0. The summed E-state index contributed by atoms with van der Waals surface area (Å²) in [5.74, 6) is 0.940. The van der Waals surface area contributed by atoms with Crippen molar-refractivity contribution in [1.29, 1.82) is 0 Å². The topological polar surface area (TPSA) is 41.1 Å². The van der Waals surface area contributed by atoms with Crippen LogP contribution < -0.4 is 10.6 Å². The van der Waals surface area contributed by atoms with E-state index < -0.39 is 0 Å². The zero-order chi connectivity index (χ0) is 13.3. The normalized spacial score (nSPS) is 16.2. The van der Waals surface area contributed by atoms with Crippen LogP contribution in [0.25, 0.3) is 0 Å². The minimum atomic E-state index is 0.203. The van der Waals surface area contributed by atoms with Crippen molar-refractivity contribution in [2.75, 3.05) is 19.6 Å². The number of hydrogen-bond acceptors (Lipinski definition) is 2. The lowest BCUT2D eigenvalue weighted by atomic mass is 9.93. The largest absolute Gasteiger partial charge is 0.356 e. The molecule has 2 rings (SSSR count). The van der Waals surface area contributed by atoms with Gasteiger partial charge in [-0.15, -0.1) is 0 Å². The number of hydrogen-bond donors (Lipinski definition) is 2. The summed E-state index contributed by atoms with van der Waals surface area (Å²) in [5, 5.41) is 6.37. The van der Waals surface area contributed by atoms with Crippen molar-refractivity contribution in [2.24, 2.45) is 5.92 Å². The van der Waals surface area contributed by atoms with Crippen molar-refractivity contribution in [1.82, 2.24) is 10.6 Å². The lowest BCUT2D eigenvalue weighted by Crippen LogP contribution is -2.30. The molecule has 1 aromatic carbocycles. The molecule has 0 aromatic heterocycles. The predicted molar refractivity (Wildman–Crippen MR) is 78.0 cm³/mol. The molecule has 1 heterocycles. The van der Waals surface area contributed by atoms with E-state index in [4.69, 9.17) is 0 Å². The summed E-state index contributed by atoms with van der Waals surface area (Å²) in [6.07, 6.45) is 5.08. The van der Waals surface area contributed by atoms with E-state index in [1.807, 2.05) is 18.2 Å². The standard InChI is InChI=1S/C16H24N2O/c19-16(7-6-15-8-11-17-12-9-15)18-13-10-14-4-2-1-3-5-14/h1-5,15,17H,6-13H2,(H,18,19). The molecule has 0 radical (unpaired) electrons. The SMILES string of the molecule is O=C(CCC1CCNCC1)NCCc1ccccc1. The first-order chi connectivity index (χ1) is 9.34. The number of nitrogens with one attached hydrogen (secondary N) is 2. The Labute approximate surface area is 115 Å². The Hall–Kier alpha value is -1.35. The van der Waals surface area contributed by atoms with E-state index in [1.165, 1.54) is 18.4 Å². The van der Waals surface area contributed by atoms with E-state index in [0.717, 1.165) is 38.4 Å². The van der Waals surface area contributed by atoms with Gasteiger partial charge in [-0.2, -0.15) is 0 Å². The molecule has 1 aliphatic heterocycles. The molecule has 1 aromatic rings. The maximum absolute atomic E-state index is 11.7. The second-order valence-electron chi connectivity index (χ2n) is 5.32. The highest BCUT2D eigenvalue weighted by Gasteiger charge is 2.14. The van der Waals surface area contributed by atoms with Crippen LogP contribution >= 0.6 is 0 Å². The molecule has 1 amide bonds. The van der Waals surface area contributed by atoms with Gasteiger partial charge < -0.3 is 10.6 Å². The summed E-state index contributed by atoms with van der Waals surface area (Å²) in [5.41, 5.74) is 1.28. The Balaban J connectivity index is 1.57. The molecule has 0 unspecified atom stereocenters. The number of rotatable bonds is 6. The third kappa shape index (κ3) is 5.43. The van der Waals surface area contributed by atoms with Gasteiger partial charge in [0.2, 0.25) is 5.91 Å². The van der Waals surface area contributed by atoms with Gasteiger partial charge in [-0.3, -0.25) is 4.79 Å². The highest BCUT2D eigenvalue weighted by atomic mass is 16.1. The average Bonchev–Trinajstić information content (AvgIpc) is 2.47. The van der Waals surface area contributed by atoms with Crippen LogP contribution in [0, 0.1) is 5.92 Å². The first kappa shape index (κ1) is 14.1. The molecule has 0 aliphatic carbocycles. The van der Waals surface area contributed by atoms with E-state index in [0.29, 0.717) is 6.42 Å². The molecule has 1 fully saturated rings. The maximum Gasteiger partial charge on any atom is 0.220 e. The number of carbonyl (C=O) groups is 1. The van der Waals surface area contributed by atoms with Crippen molar-refractivity contribution < 1.29 is 4.79 Å². The van der Waals surface area contributed by atoms with Crippen LogP contribution in [0.2, 0.25) is 0 Å². The molecule has 3 heteroatoms. The summed E-state index contributed by atoms with van der Waals surface area (Å²) in [4.78, 5) is 11.7. The molecule has 1 aliphatic rings. The molecule has 3 nitrogen and oxygen atoms in total. The zero-order valence-electron chi connectivity index (χ0n) is 11.5. The molecule has 0 spiro atoms. The fourth-order valence-corrected chi connectivity index (χ4v) is 2.58. The second kappa shape index (κ2) is 7.95. The monoisotopic (exact) mass is 260 g/mol. The van der Waals surface area contributed by atoms with E-state index in [-0.39, 0.29) is 5.91 Å². The van der Waals surface area contributed by atoms with Gasteiger partial charge in [-0.05, 0) is 50.3 Å². The Morgan fingerprint density at radius 3 is 2.68 bits per heavy atom. The van der Waals surface area contributed by atoms with Crippen LogP contribution in [-0.2, 0) is 11.2 Å². The predicted octanol–water partition coefficient (Wildman–Crippen LogP) is 2.13. The van der Waals surface area contributed by atoms with Crippen molar-refractivity contribution in [3.63, 3.8) is 0 Å². The Kier molecular flexibility index (Phi) is 5.89. The summed E-state index contributed by atoms with van der Waals surface area (Å²) in [7, 11) is 0. The summed E-state index contributed by atoms with van der Waals surface area (Å²) in [6, 6.07) is 10.3. The van der Waals surface area contributed by atoms with E-state index in [9.17, 15) is 4.79 Å². The van der Waals surface area contributed by atoms with Gasteiger partial charge in [0.25, 0.3) is 0 Å². The van der Waals surface area contributed by atoms with Crippen LogP contribution in [-0.4, -0.2) is 25.5 Å². The van der Waals surface area contributed by atoms with Gasteiger partial charge in [0, 0.05) is 13.0 Å². The highest BCUT2D eigenvalue weighted by Crippen LogP contribution is 2.17. The lowest BCUT2D eigenvalue weighted by molar-refractivity contribution is -0.121. The fourth-order valence-electron chi connectivity index (χ4n) is 2.58. The molecule has 2 N–H and O–H groups in total. The zero-order valence-corrected chi connectivity index (χ0v) is 11.5. The average molecular weight is 260 g/mol. The van der Waals surface area contributed by atoms with Crippen LogP contribution in [0.3, 0.4) is 0 Å².